The molecule has 1 aromatic carbocycles. The summed E-state index contributed by atoms with van der Waals surface area (Å²) in [6.07, 6.45) is 0. The quantitative estimate of drug-likeness (QED) is 0.736. The van der Waals surface area contributed by atoms with Crippen LogP contribution < -0.4 is 10.1 Å². The van der Waals surface area contributed by atoms with Crippen molar-refractivity contribution in [3.05, 3.63) is 30.1 Å². The van der Waals surface area contributed by atoms with E-state index in [1.807, 2.05) is 0 Å². The lowest BCUT2D eigenvalue weighted by molar-refractivity contribution is -0.123. The second-order valence-electron chi connectivity index (χ2n) is 3.06. The van der Waals surface area contributed by atoms with Crippen molar-refractivity contribution in [2.75, 3.05) is 26.9 Å². The van der Waals surface area contributed by atoms with E-state index in [1.54, 1.807) is 19.2 Å². The molecule has 0 atom stereocenters. The first-order chi connectivity index (χ1) is 7.74. The number of carbonyl (C=O) groups is 1. The zero-order valence-corrected chi connectivity index (χ0v) is 9.03. The lowest BCUT2D eigenvalue weighted by Gasteiger charge is -2.07. The van der Waals surface area contributed by atoms with Gasteiger partial charge in [-0.25, -0.2) is 4.39 Å². The van der Waals surface area contributed by atoms with Gasteiger partial charge >= 0.3 is 0 Å². The van der Waals surface area contributed by atoms with E-state index in [0.29, 0.717) is 13.2 Å². The number of amides is 1. The molecule has 0 heterocycles. The number of halogens is 1. The summed E-state index contributed by atoms with van der Waals surface area (Å²) in [5, 5.41) is 2.56. The van der Waals surface area contributed by atoms with E-state index in [1.165, 1.54) is 12.1 Å². The van der Waals surface area contributed by atoms with Crippen LogP contribution in [0.3, 0.4) is 0 Å². The third-order valence-electron chi connectivity index (χ3n) is 1.82. The Labute approximate surface area is 93.4 Å². The van der Waals surface area contributed by atoms with Crippen molar-refractivity contribution < 1.29 is 18.7 Å². The summed E-state index contributed by atoms with van der Waals surface area (Å²) in [5.41, 5.74) is 0. The monoisotopic (exact) mass is 227 g/mol. The van der Waals surface area contributed by atoms with E-state index >= 15 is 0 Å². The lowest BCUT2D eigenvalue weighted by Crippen LogP contribution is -2.31. The summed E-state index contributed by atoms with van der Waals surface area (Å²) in [5.74, 6) is -0.711. The van der Waals surface area contributed by atoms with Gasteiger partial charge in [0.2, 0.25) is 0 Å². The standard InChI is InChI=1S/C11H14FNO3/c1-15-7-6-13-11(14)8-16-10-5-3-2-4-9(10)12/h2-5H,6-8H2,1H3,(H,13,14). The smallest absolute Gasteiger partial charge is 0.258 e. The van der Waals surface area contributed by atoms with E-state index in [4.69, 9.17) is 9.47 Å². The van der Waals surface area contributed by atoms with Crippen LogP contribution in [0.5, 0.6) is 5.75 Å². The number of para-hydroxylation sites is 1. The highest BCUT2D eigenvalue weighted by molar-refractivity contribution is 5.77. The molecule has 0 saturated carbocycles. The van der Waals surface area contributed by atoms with Crippen molar-refractivity contribution in [1.82, 2.24) is 5.32 Å². The fourth-order valence-corrected chi connectivity index (χ4v) is 1.05. The summed E-state index contributed by atoms with van der Waals surface area (Å²) in [6, 6.07) is 5.94. The molecule has 16 heavy (non-hydrogen) atoms. The van der Waals surface area contributed by atoms with E-state index in [2.05, 4.69) is 5.32 Å². The predicted molar refractivity (Wildman–Crippen MR) is 56.8 cm³/mol. The highest BCUT2D eigenvalue weighted by atomic mass is 19.1. The number of methoxy groups -OCH3 is 1. The number of hydrogen-bond donors (Lipinski definition) is 1. The highest BCUT2D eigenvalue weighted by Gasteiger charge is 2.05. The Morgan fingerprint density at radius 2 is 2.19 bits per heavy atom. The summed E-state index contributed by atoms with van der Waals surface area (Å²) in [7, 11) is 1.54. The molecule has 4 nitrogen and oxygen atoms in total. The van der Waals surface area contributed by atoms with Crippen molar-refractivity contribution in [2.24, 2.45) is 0 Å². The van der Waals surface area contributed by atoms with Crippen LogP contribution >= 0.6 is 0 Å². The van der Waals surface area contributed by atoms with Gasteiger partial charge in [-0.1, -0.05) is 12.1 Å². The van der Waals surface area contributed by atoms with Crippen molar-refractivity contribution in [3.63, 3.8) is 0 Å². The van der Waals surface area contributed by atoms with Gasteiger partial charge in [0.25, 0.3) is 5.91 Å². The molecule has 0 spiro atoms. The second-order valence-corrected chi connectivity index (χ2v) is 3.06. The third-order valence-corrected chi connectivity index (χ3v) is 1.82. The lowest BCUT2D eigenvalue weighted by atomic mass is 10.3. The Kier molecular flexibility index (Phi) is 5.28. The molecule has 0 radical (unpaired) electrons. The Balaban J connectivity index is 2.29. The summed E-state index contributed by atoms with van der Waals surface area (Å²) < 4.78 is 22.8. The van der Waals surface area contributed by atoms with Crippen LogP contribution in [-0.2, 0) is 9.53 Å². The minimum absolute atomic E-state index is 0.0735. The van der Waals surface area contributed by atoms with Gasteiger partial charge in [0, 0.05) is 13.7 Å². The van der Waals surface area contributed by atoms with Crippen molar-refractivity contribution in [2.45, 2.75) is 0 Å². The molecule has 0 bridgehead atoms. The molecule has 1 amide bonds. The number of benzene rings is 1. The number of hydrogen-bond acceptors (Lipinski definition) is 3. The minimum Gasteiger partial charge on any atom is -0.481 e. The second kappa shape index (κ2) is 6.79. The van der Waals surface area contributed by atoms with Crippen LogP contribution in [0.25, 0.3) is 0 Å². The molecule has 1 rings (SSSR count). The van der Waals surface area contributed by atoms with Gasteiger partial charge in [0.05, 0.1) is 6.61 Å². The first kappa shape index (κ1) is 12.4. The number of carbonyl (C=O) groups excluding carboxylic acids is 1. The van der Waals surface area contributed by atoms with Gasteiger partial charge in [-0.15, -0.1) is 0 Å². The zero-order chi connectivity index (χ0) is 11.8. The van der Waals surface area contributed by atoms with Gasteiger partial charge < -0.3 is 14.8 Å². The molecule has 0 aliphatic heterocycles. The maximum absolute atomic E-state index is 13.1. The summed E-state index contributed by atoms with van der Waals surface area (Å²) >= 11 is 0. The normalized spacial score (nSPS) is 9.88. The maximum Gasteiger partial charge on any atom is 0.258 e. The molecule has 0 aliphatic rings. The topological polar surface area (TPSA) is 47.6 Å². The zero-order valence-electron chi connectivity index (χ0n) is 9.03. The Morgan fingerprint density at radius 3 is 2.88 bits per heavy atom. The number of nitrogens with one attached hydrogen (secondary N) is 1. The van der Waals surface area contributed by atoms with E-state index < -0.39 is 5.82 Å². The Bertz CT molecular complexity index is 344. The molecular formula is C11H14FNO3. The minimum atomic E-state index is -0.479. The van der Waals surface area contributed by atoms with Crippen molar-refractivity contribution in [1.29, 1.82) is 0 Å². The maximum atomic E-state index is 13.1. The average Bonchev–Trinajstić information content (AvgIpc) is 2.28. The van der Waals surface area contributed by atoms with Gasteiger partial charge in [-0.3, -0.25) is 4.79 Å². The van der Waals surface area contributed by atoms with Crippen LogP contribution in [-0.4, -0.2) is 32.8 Å². The van der Waals surface area contributed by atoms with E-state index in [-0.39, 0.29) is 18.3 Å². The molecule has 5 heteroatoms. The third kappa shape index (κ3) is 4.27. The van der Waals surface area contributed by atoms with E-state index in [0.717, 1.165) is 0 Å². The number of rotatable bonds is 6. The van der Waals surface area contributed by atoms with Crippen LogP contribution in [0.2, 0.25) is 0 Å². The van der Waals surface area contributed by atoms with Crippen LogP contribution in [0.4, 0.5) is 4.39 Å². The number of ether oxygens (including phenoxy) is 2. The SMILES string of the molecule is COCCNC(=O)COc1ccccc1F. The fraction of sp³-hybridized carbons (Fsp3) is 0.364. The molecule has 0 aliphatic carbocycles. The molecule has 88 valence electrons. The van der Waals surface area contributed by atoms with Gasteiger partial charge in [-0.2, -0.15) is 0 Å². The summed E-state index contributed by atoms with van der Waals surface area (Å²) in [4.78, 5) is 11.2. The molecule has 1 aromatic rings. The predicted octanol–water partition coefficient (Wildman–Crippen LogP) is 0.967. The van der Waals surface area contributed by atoms with Crippen LogP contribution in [0, 0.1) is 5.82 Å². The molecule has 0 fully saturated rings. The highest BCUT2D eigenvalue weighted by Crippen LogP contribution is 2.14. The van der Waals surface area contributed by atoms with Gasteiger partial charge in [-0.05, 0) is 12.1 Å². The first-order valence-electron chi connectivity index (χ1n) is 4.87. The van der Waals surface area contributed by atoms with Gasteiger partial charge in [0.15, 0.2) is 18.2 Å². The van der Waals surface area contributed by atoms with Crippen molar-refractivity contribution in [3.8, 4) is 5.75 Å². The van der Waals surface area contributed by atoms with Crippen molar-refractivity contribution >= 4 is 5.91 Å². The van der Waals surface area contributed by atoms with E-state index in [9.17, 15) is 9.18 Å². The fourth-order valence-electron chi connectivity index (χ4n) is 1.05. The average molecular weight is 227 g/mol. The first-order valence-corrected chi connectivity index (χ1v) is 4.87. The van der Waals surface area contributed by atoms with Gasteiger partial charge in [0.1, 0.15) is 0 Å². The molecular weight excluding hydrogens is 213 g/mol. The Morgan fingerprint density at radius 1 is 1.44 bits per heavy atom. The molecule has 0 aromatic heterocycles. The molecule has 0 unspecified atom stereocenters. The summed E-state index contributed by atoms with van der Waals surface area (Å²) in [6.45, 7) is 0.645. The largest absolute Gasteiger partial charge is 0.481 e. The molecule has 0 saturated heterocycles. The van der Waals surface area contributed by atoms with Crippen LogP contribution in [0.1, 0.15) is 0 Å². The Hall–Kier alpha value is -1.62. The van der Waals surface area contributed by atoms with Crippen LogP contribution in [0.15, 0.2) is 24.3 Å². The molecule has 1 N–H and O–H groups in total.